The van der Waals surface area contributed by atoms with Crippen LogP contribution in [0.4, 0.5) is 0 Å². The van der Waals surface area contributed by atoms with Crippen LogP contribution in [0.15, 0.2) is 0 Å². The first kappa shape index (κ1) is 20.8. The molecule has 0 radical (unpaired) electrons. The first-order valence-corrected chi connectivity index (χ1v) is 7.15. The summed E-state index contributed by atoms with van der Waals surface area (Å²) < 4.78 is 5.60. The highest BCUT2D eigenvalue weighted by Gasteiger charge is 2.34. The Kier molecular flexibility index (Phi) is 7.43. The van der Waals surface area contributed by atoms with Crippen molar-refractivity contribution < 1.29 is 24.5 Å². The standard InChI is InChI=1S/C14H29N3O5/c1-8(17-12(20)10(18)13(2,3)21)7-22-14(4,5)9(15)11(19)16-6/h8-10,18,21H,7,15H2,1-6H3,(H,16,19)(H,17,20). The van der Waals surface area contributed by atoms with Crippen molar-refractivity contribution in [3.63, 3.8) is 0 Å². The highest BCUT2D eigenvalue weighted by Crippen LogP contribution is 2.14. The van der Waals surface area contributed by atoms with E-state index in [9.17, 15) is 19.8 Å². The molecule has 3 atom stereocenters. The molecule has 0 aliphatic rings. The van der Waals surface area contributed by atoms with E-state index in [0.717, 1.165) is 0 Å². The number of nitrogens with one attached hydrogen (secondary N) is 2. The molecule has 8 nitrogen and oxygen atoms in total. The molecule has 0 heterocycles. The van der Waals surface area contributed by atoms with E-state index in [2.05, 4.69) is 10.6 Å². The van der Waals surface area contributed by atoms with E-state index in [1.807, 2.05) is 0 Å². The van der Waals surface area contributed by atoms with Crippen LogP contribution in [0, 0.1) is 0 Å². The Bertz CT molecular complexity index is 392. The fourth-order valence-electron chi connectivity index (χ4n) is 1.59. The van der Waals surface area contributed by atoms with Gasteiger partial charge in [-0.1, -0.05) is 0 Å². The van der Waals surface area contributed by atoms with Crippen LogP contribution >= 0.6 is 0 Å². The molecular formula is C14H29N3O5. The Balaban J connectivity index is 4.48. The van der Waals surface area contributed by atoms with Crippen LogP contribution in [0.1, 0.15) is 34.6 Å². The summed E-state index contributed by atoms with van der Waals surface area (Å²) in [5.74, 6) is -1.05. The van der Waals surface area contributed by atoms with Crippen molar-refractivity contribution in [2.45, 2.75) is 64.0 Å². The molecule has 6 N–H and O–H groups in total. The van der Waals surface area contributed by atoms with Gasteiger partial charge in [-0.2, -0.15) is 0 Å². The zero-order valence-electron chi connectivity index (χ0n) is 14.1. The minimum Gasteiger partial charge on any atom is -0.387 e. The number of rotatable bonds is 8. The summed E-state index contributed by atoms with van der Waals surface area (Å²) in [4.78, 5) is 23.3. The zero-order valence-corrected chi connectivity index (χ0v) is 14.1. The molecule has 0 aliphatic carbocycles. The van der Waals surface area contributed by atoms with Gasteiger partial charge in [0.2, 0.25) is 5.91 Å². The first-order valence-electron chi connectivity index (χ1n) is 7.15. The van der Waals surface area contributed by atoms with E-state index in [1.165, 1.54) is 20.9 Å². The highest BCUT2D eigenvalue weighted by atomic mass is 16.5. The summed E-state index contributed by atoms with van der Waals surface area (Å²) in [6, 6.07) is -1.29. The molecule has 0 spiro atoms. The molecule has 2 amide bonds. The third-order valence-corrected chi connectivity index (χ3v) is 3.29. The summed E-state index contributed by atoms with van der Waals surface area (Å²) in [5, 5.41) is 24.2. The second kappa shape index (κ2) is 7.87. The Morgan fingerprint density at radius 2 is 1.73 bits per heavy atom. The topological polar surface area (TPSA) is 134 Å². The van der Waals surface area contributed by atoms with Crippen LogP contribution in [0.25, 0.3) is 0 Å². The lowest BCUT2D eigenvalue weighted by Crippen LogP contribution is -2.56. The first-order chi connectivity index (χ1) is 9.82. The lowest BCUT2D eigenvalue weighted by atomic mass is 9.98. The van der Waals surface area contributed by atoms with Gasteiger partial charge in [0.15, 0.2) is 6.10 Å². The third-order valence-electron chi connectivity index (χ3n) is 3.29. The predicted molar refractivity (Wildman–Crippen MR) is 82.0 cm³/mol. The Morgan fingerprint density at radius 3 is 2.14 bits per heavy atom. The van der Waals surface area contributed by atoms with E-state index >= 15 is 0 Å². The number of carbonyl (C=O) groups is 2. The number of hydrogen-bond acceptors (Lipinski definition) is 6. The smallest absolute Gasteiger partial charge is 0.252 e. The van der Waals surface area contributed by atoms with Crippen LogP contribution < -0.4 is 16.4 Å². The molecule has 0 aromatic rings. The van der Waals surface area contributed by atoms with Gasteiger partial charge in [0, 0.05) is 13.1 Å². The number of amides is 2. The van der Waals surface area contributed by atoms with Crippen LogP contribution in [0.2, 0.25) is 0 Å². The minimum atomic E-state index is -1.55. The molecule has 0 rings (SSSR count). The van der Waals surface area contributed by atoms with Crippen molar-refractivity contribution in [3.8, 4) is 0 Å². The molecule has 0 aliphatic heterocycles. The van der Waals surface area contributed by atoms with Crippen molar-refractivity contribution in [1.82, 2.24) is 10.6 Å². The molecule has 0 aromatic heterocycles. The Labute approximate surface area is 131 Å². The highest BCUT2D eigenvalue weighted by molar-refractivity contribution is 5.82. The molecule has 0 bridgehead atoms. The Hall–Kier alpha value is -1.22. The van der Waals surface area contributed by atoms with Gasteiger partial charge in [-0.3, -0.25) is 9.59 Å². The van der Waals surface area contributed by atoms with Crippen LogP contribution in [0.5, 0.6) is 0 Å². The van der Waals surface area contributed by atoms with Crippen molar-refractivity contribution in [3.05, 3.63) is 0 Å². The van der Waals surface area contributed by atoms with E-state index in [4.69, 9.17) is 10.5 Å². The lowest BCUT2D eigenvalue weighted by Gasteiger charge is -2.32. The Morgan fingerprint density at radius 1 is 1.23 bits per heavy atom. The average Bonchev–Trinajstić information content (AvgIpc) is 2.41. The maximum absolute atomic E-state index is 11.7. The van der Waals surface area contributed by atoms with Crippen LogP contribution in [-0.4, -0.2) is 65.1 Å². The van der Waals surface area contributed by atoms with Crippen LogP contribution in [-0.2, 0) is 14.3 Å². The van der Waals surface area contributed by atoms with Crippen molar-refractivity contribution >= 4 is 11.8 Å². The SMILES string of the molecule is CNC(=O)C(N)C(C)(C)OCC(C)NC(=O)C(O)C(C)(C)O. The van der Waals surface area contributed by atoms with Gasteiger partial charge >= 0.3 is 0 Å². The lowest BCUT2D eigenvalue weighted by molar-refractivity contribution is -0.144. The van der Waals surface area contributed by atoms with Gasteiger partial charge in [0.1, 0.15) is 6.04 Å². The fourth-order valence-corrected chi connectivity index (χ4v) is 1.59. The monoisotopic (exact) mass is 319 g/mol. The van der Waals surface area contributed by atoms with E-state index in [1.54, 1.807) is 20.8 Å². The normalized spacial score (nSPS) is 16.6. The largest absolute Gasteiger partial charge is 0.387 e. The molecule has 0 fully saturated rings. The summed E-state index contributed by atoms with van der Waals surface area (Å²) in [6.07, 6.45) is -1.55. The summed E-state index contributed by atoms with van der Waals surface area (Å²) in [5.41, 5.74) is 3.34. The number of ether oxygens (including phenoxy) is 1. The van der Waals surface area contributed by atoms with Crippen molar-refractivity contribution in [2.24, 2.45) is 5.73 Å². The summed E-state index contributed by atoms with van der Waals surface area (Å²) in [6.45, 7) is 7.80. The maximum atomic E-state index is 11.7. The molecule has 0 saturated heterocycles. The summed E-state index contributed by atoms with van der Waals surface area (Å²) in [7, 11) is 1.49. The number of nitrogens with two attached hydrogens (primary N) is 1. The number of hydrogen-bond donors (Lipinski definition) is 5. The van der Waals surface area contributed by atoms with Gasteiger partial charge < -0.3 is 31.3 Å². The number of aliphatic hydroxyl groups is 2. The maximum Gasteiger partial charge on any atom is 0.252 e. The predicted octanol–water partition coefficient (Wildman–Crippen LogP) is -1.51. The second-order valence-corrected chi connectivity index (χ2v) is 6.47. The van der Waals surface area contributed by atoms with Gasteiger partial charge in [-0.15, -0.1) is 0 Å². The van der Waals surface area contributed by atoms with Crippen molar-refractivity contribution in [1.29, 1.82) is 0 Å². The molecule has 22 heavy (non-hydrogen) atoms. The molecule has 0 aromatic carbocycles. The quantitative estimate of drug-likeness (QED) is 0.369. The number of aliphatic hydroxyl groups excluding tert-OH is 1. The van der Waals surface area contributed by atoms with E-state index in [0.29, 0.717) is 0 Å². The summed E-state index contributed by atoms with van der Waals surface area (Å²) >= 11 is 0. The van der Waals surface area contributed by atoms with E-state index < -0.39 is 35.3 Å². The molecule has 0 saturated carbocycles. The number of likely N-dealkylation sites (N-methyl/N-ethyl adjacent to an activating group) is 1. The minimum absolute atomic E-state index is 0.0992. The molecule has 130 valence electrons. The van der Waals surface area contributed by atoms with Gasteiger partial charge in [0.05, 0.1) is 17.8 Å². The number of carbonyl (C=O) groups excluding carboxylic acids is 2. The van der Waals surface area contributed by atoms with Gasteiger partial charge in [-0.05, 0) is 34.6 Å². The van der Waals surface area contributed by atoms with Crippen molar-refractivity contribution in [2.75, 3.05) is 13.7 Å². The van der Waals surface area contributed by atoms with Gasteiger partial charge in [0.25, 0.3) is 5.91 Å². The van der Waals surface area contributed by atoms with Crippen LogP contribution in [0.3, 0.4) is 0 Å². The molecule has 3 unspecified atom stereocenters. The van der Waals surface area contributed by atoms with E-state index in [-0.39, 0.29) is 12.5 Å². The van der Waals surface area contributed by atoms with Gasteiger partial charge in [-0.25, -0.2) is 0 Å². The fraction of sp³-hybridized carbons (Fsp3) is 0.857. The second-order valence-electron chi connectivity index (χ2n) is 6.47. The zero-order chi connectivity index (χ0) is 17.7. The molecule has 8 heteroatoms. The average molecular weight is 319 g/mol. The third kappa shape index (κ3) is 6.27. The molecular weight excluding hydrogens is 290 g/mol.